The van der Waals surface area contributed by atoms with Crippen LogP contribution in [-0.4, -0.2) is 43.1 Å². The van der Waals surface area contributed by atoms with E-state index in [1.165, 1.54) is 6.07 Å². The Balaban J connectivity index is 2.29. The average Bonchev–Trinajstić information content (AvgIpc) is 2.40. The Labute approximate surface area is 124 Å². The van der Waals surface area contributed by atoms with E-state index >= 15 is 0 Å². The van der Waals surface area contributed by atoms with Gasteiger partial charge in [0.05, 0.1) is 36.3 Å². The fourth-order valence-corrected chi connectivity index (χ4v) is 2.52. The number of ether oxygens (including phenoxy) is 2. The number of nitrogen functional groups attached to an aromatic ring is 1. The van der Waals surface area contributed by atoms with Gasteiger partial charge in [0, 0.05) is 25.2 Å². The number of anilines is 2. The van der Waals surface area contributed by atoms with Crippen molar-refractivity contribution in [2.75, 3.05) is 30.3 Å². The van der Waals surface area contributed by atoms with E-state index in [2.05, 4.69) is 0 Å². The van der Waals surface area contributed by atoms with Gasteiger partial charge in [-0.15, -0.1) is 0 Å². The van der Waals surface area contributed by atoms with Crippen molar-refractivity contribution in [3.05, 3.63) is 17.9 Å². The molecule has 5 nitrogen and oxygen atoms in total. The second-order valence-electron chi connectivity index (χ2n) is 5.66. The maximum absolute atomic E-state index is 13.9. The van der Waals surface area contributed by atoms with Crippen LogP contribution in [0.25, 0.3) is 0 Å². The van der Waals surface area contributed by atoms with Crippen molar-refractivity contribution in [3.8, 4) is 5.75 Å². The molecule has 0 amide bonds. The largest absolute Gasteiger partial charge is 0.488 e. The van der Waals surface area contributed by atoms with Crippen LogP contribution in [0.5, 0.6) is 5.75 Å². The first kappa shape index (κ1) is 15.9. The second kappa shape index (κ2) is 6.49. The van der Waals surface area contributed by atoms with E-state index in [-0.39, 0.29) is 30.7 Å². The first-order valence-electron chi connectivity index (χ1n) is 7.17. The molecule has 2 unspecified atom stereocenters. The molecule has 21 heavy (non-hydrogen) atoms. The smallest absolute Gasteiger partial charge is 0.167 e. The summed E-state index contributed by atoms with van der Waals surface area (Å²) >= 11 is 0. The third-order valence-corrected chi connectivity index (χ3v) is 3.31. The fourth-order valence-electron chi connectivity index (χ4n) is 2.52. The molecular formula is C15H23FN2O3. The molecule has 0 saturated carbocycles. The van der Waals surface area contributed by atoms with Gasteiger partial charge in [0.1, 0.15) is 0 Å². The molecule has 0 aliphatic carbocycles. The second-order valence-corrected chi connectivity index (χ2v) is 5.66. The Morgan fingerprint density at radius 3 is 2.81 bits per heavy atom. The zero-order valence-corrected chi connectivity index (χ0v) is 12.7. The first-order valence-corrected chi connectivity index (χ1v) is 7.17. The first-order chi connectivity index (χ1) is 9.90. The molecule has 6 heteroatoms. The maximum Gasteiger partial charge on any atom is 0.167 e. The number of halogens is 1. The quantitative estimate of drug-likeness (QED) is 0.829. The number of benzene rings is 1. The average molecular weight is 298 g/mol. The summed E-state index contributed by atoms with van der Waals surface area (Å²) < 4.78 is 25.0. The van der Waals surface area contributed by atoms with Gasteiger partial charge in [-0.3, -0.25) is 0 Å². The Morgan fingerprint density at radius 1 is 1.48 bits per heavy atom. The Morgan fingerprint density at radius 2 is 2.19 bits per heavy atom. The summed E-state index contributed by atoms with van der Waals surface area (Å²) in [5.41, 5.74) is 7.01. The topological polar surface area (TPSA) is 68.0 Å². The molecule has 3 N–H and O–H groups in total. The van der Waals surface area contributed by atoms with Gasteiger partial charge in [-0.05, 0) is 20.8 Å². The van der Waals surface area contributed by atoms with Gasteiger partial charge in [0.15, 0.2) is 11.6 Å². The van der Waals surface area contributed by atoms with Crippen LogP contribution in [0.3, 0.4) is 0 Å². The van der Waals surface area contributed by atoms with Gasteiger partial charge in [0.2, 0.25) is 0 Å². The third kappa shape index (κ3) is 3.77. The van der Waals surface area contributed by atoms with Crippen LogP contribution in [-0.2, 0) is 4.74 Å². The summed E-state index contributed by atoms with van der Waals surface area (Å²) in [7, 11) is 0. The molecule has 1 aromatic carbocycles. The number of aliphatic hydroxyl groups is 1. The Bertz CT molecular complexity index is 496. The minimum Gasteiger partial charge on any atom is -0.488 e. The lowest BCUT2D eigenvalue weighted by molar-refractivity contribution is -0.0420. The highest BCUT2D eigenvalue weighted by Gasteiger charge is 2.27. The van der Waals surface area contributed by atoms with Crippen molar-refractivity contribution < 1.29 is 19.0 Å². The number of nitrogens with zero attached hydrogens (tertiary/aromatic N) is 1. The van der Waals surface area contributed by atoms with Crippen molar-refractivity contribution in [2.24, 2.45) is 0 Å². The van der Waals surface area contributed by atoms with Crippen molar-refractivity contribution in [1.82, 2.24) is 0 Å². The number of hydrogen-bond donors (Lipinski definition) is 2. The summed E-state index contributed by atoms with van der Waals surface area (Å²) in [6.07, 6.45) is -0.424. The van der Waals surface area contributed by atoms with Gasteiger partial charge in [0.25, 0.3) is 0 Å². The van der Waals surface area contributed by atoms with E-state index in [0.29, 0.717) is 24.5 Å². The summed E-state index contributed by atoms with van der Waals surface area (Å²) in [5.74, 6) is -0.279. The maximum atomic E-state index is 13.9. The highest BCUT2D eigenvalue weighted by molar-refractivity contribution is 5.70. The minimum atomic E-state index is -0.468. The molecule has 0 aromatic heterocycles. The SMILES string of the molecule is CC(C)Oc1cc(N2CC(C)OC(CO)C2)c(N)cc1F. The minimum absolute atomic E-state index is 0.0326. The molecule has 1 saturated heterocycles. The molecule has 2 rings (SSSR count). The van der Waals surface area contributed by atoms with E-state index in [1.807, 2.05) is 25.7 Å². The zero-order valence-electron chi connectivity index (χ0n) is 12.7. The van der Waals surface area contributed by atoms with Gasteiger partial charge < -0.3 is 25.2 Å². The number of nitrogens with two attached hydrogens (primary N) is 1. The van der Waals surface area contributed by atoms with Gasteiger partial charge in [-0.1, -0.05) is 0 Å². The van der Waals surface area contributed by atoms with Crippen molar-refractivity contribution in [3.63, 3.8) is 0 Å². The molecule has 1 aliphatic heterocycles. The van der Waals surface area contributed by atoms with Crippen LogP contribution in [0.15, 0.2) is 12.1 Å². The van der Waals surface area contributed by atoms with Crippen LogP contribution in [0.2, 0.25) is 0 Å². The Hall–Kier alpha value is -1.53. The molecule has 2 atom stereocenters. The van der Waals surface area contributed by atoms with Crippen molar-refractivity contribution in [1.29, 1.82) is 0 Å². The monoisotopic (exact) mass is 298 g/mol. The van der Waals surface area contributed by atoms with E-state index in [4.69, 9.17) is 15.2 Å². The third-order valence-electron chi connectivity index (χ3n) is 3.31. The summed E-state index contributed by atoms with van der Waals surface area (Å²) in [6, 6.07) is 2.90. The molecule has 1 fully saturated rings. The van der Waals surface area contributed by atoms with Crippen LogP contribution in [0.4, 0.5) is 15.8 Å². The fraction of sp³-hybridized carbons (Fsp3) is 0.600. The van der Waals surface area contributed by atoms with Gasteiger partial charge >= 0.3 is 0 Å². The summed E-state index contributed by atoms with van der Waals surface area (Å²) in [4.78, 5) is 2.00. The van der Waals surface area contributed by atoms with Gasteiger partial charge in [-0.25, -0.2) is 4.39 Å². The zero-order chi connectivity index (χ0) is 15.6. The molecule has 0 bridgehead atoms. The Kier molecular flexibility index (Phi) is 4.90. The molecular weight excluding hydrogens is 275 g/mol. The predicted octanol–water partition coefficient (Wildman–Crippen LogP) is 1.78. The highest BCUT2D eigenvalue weighted by atomic mass is 19.1. The van der Waals surface area contributed by atoms with E-state index in [1.54, 1.807) is 6.07 Å². The predicted molar refractivity (Wildman–Crippen MR) is 80.2 cm³/mol. The molecule has 118 valence electrons. The number of hydrogen-bond acceptors (Lipinski definition) is 5. The van der Waals surface area contributed by atoms with E-state index in [0.717, 1.165) is 0 Å². The molecule has 1 aromatic rings. The standard InChI is InChI=1S/C15H23FN2O3/c1-9(2)20-15-5-14(13(17)4-12(15)16)18-6-10(3)21-11(7-18)8-19/h4-5,9-11,19H,6-8,17H2,1-3H3. The molecule has 1 heterocycles. The molecule has 0 spiro atoms. The van der Waals surface area contributed by atoms with E-state index < -0.39 is 5.82 Å². The number of morpholine rings is 1. The van der Waals surface area contributed by atoms with Crippen molar-refractivity contribution >= 4 is 11.4 Å². The van der Waals surface area contributed by atoms with Gasteiger partial charge in [-0.2, -0.15) is 0 Å². The molecule has 1 aliphatic rings. The number of rotatable bonds is 4. The van der Waals surface area contributed by atoms with Crippen molar-refractivity contribution in [2.45, 2.75) is 39.1 Å². The molecule has 0 radical (unpaired) electrons. The highest BCUT2D eigenvalue weighted by Crippen LogP contribution is 2.33. The summed E-state index contributed by atoms with van der Waals surface area (Å²) in [5, 5.41) is 9.29. The normalized spacial score (nSPS) is 22.7. The van der Waals surface area contributed by atoms with Crippen LogP contribution < -0.4 is 15.4 Å². The van der Waals surface area contributed by atoms with Crippen LogP contribution >= 0.6 is 0 Å². The number of aliphatic hydroxyl groups excluding tert-OH is 1. The summed E-state index contributed by atoms with van der Waals surface area (Å²) in [6.45, 7) is 6.70. The lowest BCUT2D eigenvalue weighted by Gasteiger charge is -2.38. The van der Waals surface area contributed by atoms with Crippen LogP contribution in [0, 0.1) is 5.82 Å². The van der Waals surface area contributed by atoms with E-state index in [9.17, 15) is 9.50 Å². The van der Waals surface area contributed by atoms with Crippen LogP contribution in [0.1, 0.15) is 20.8 Å². The lowest BCUT2D eigenvalue weighted by Crippen LogP contribution is -2.48. The lowest BCUT2D eigenvalue weighted by atomic mass is 10.1.